The van der Waals surface area contributed by atoms with E-state index in [1.54, 1.807) is 22.8 Å². The Labute approximate surface area is 168 Å². The molecule has 2 bridgehead atoms. The van der Waals surface area contributed by atoms with Crippen molar-refractivity contribution < 1.29 is 14.0 Å². The number of nitrogens with one attached hydrogen (secondary N) is 1. The second-order valence-electron chi connectivity index (χ2n) is 7.96. The number of carbonyl (C=O) groups excluding carboxylic acids is 2. The van der Waals surface area contributed by atoms with E-state index >= 15 is 0 Å². The number of halogens is 1. The number of fused-ring (bicyclic) bond motifs is 4. The minimum absolute atomic E-state index is 0.0460. The maximum absolute atomic E-state index is 13.5. The van der Waals surface area contributed by atoms with Crippen LogP contribution < -0.4 is 10.9 Å². The number of amides is 2. The fourth-order valence-electron chi connectivity index (χ4n) is 4.69. The Hall–Kier alpha value is -2.96. The number of hydrogen-bond acceptors (Lipinski definition) is 3. The molecule has 1 N–H and O–H groups in total. The second-order valence-corrected chi connectivity index (χ2v) is 7.96. The largest absolute Gasteiger partial charge is 0.354 e. The Morgan fingerprint density at radius 1 is 1.17 bits per heavy atom. The maximum Gasteiger partial charge on any atom is 0.251 e. The monoisotopic (exact) mass is 397 g/mol. The first-order valence-electron chi connectivity index (χ1n) is 9.90. The molecule has 0 radical (unpaired) electrons. The minimum Gasteiger partial charge on any atom is -0.354 e. The average Bonchev–Trinajstić information content (AvgIpc) is 2.68. The van der Waals surface area contributed by atoms with Gasteiger partial charge in [0.1, 0.15) is 5.82 Å². The van der Waals surface area contributed by atoms with Crippen molar-refractivity contribution in [3.05, 3.63) is 69.9 Å². The van der Waals surface area contributed by atoms with Gasteiger partial charge < -0.3 is 14.8 Å². The lowest BCUT2D eigenvalue weighted by Gasteiger charge is -2.47. The zero-order valence-electron chi connectivity index (χ0n) is 16.3. The molecule has 1 aromatic carbocycles. The van der Waals surface area contributed by atoms with Crippen LogP contribution in [0.3, 0.4) is 0 Å². The molecule has 2 aliphatic heterocycles. The smallest absolute Gasteiger partial charge is 0.251 e. The molecule has 1 saturated heterocycles. The minimum atomic E-state index is -0.352. The van der Waals surface area contributed by atoms with Crippen molar-refractivity contribution in [3.63, 3.8) is 0 Å². The summed E-state index contributed by atoms with van der Waals surface area (Å²) >= 11 is 0. The Morgan fingerprint density at radius 3 is 2.72 bits per heavy atom. The molecule has 0 aliphatic carbocycles. The number of rotatable bonds is 4. The van der Waals surface area contributed by atoms with Gasteiger partial charge in [0.15, 0.2) is 0 Å². The van der Waals surface area contributed by atoms with Crippen LogP contribution in [0.5, 0.6) is 0 Å². The third-order valence-electron chi connectivity index (χ3n) is 5.96. The Bertz CT molecular complexity index is 1000. The molecule has 1 aromatic heterocycles. The van der Waals surface area contributed by atoms with Gasteiger partial charge >= 0.3 is 0 Å². The second kappa shape index (κ2) is 7.81. The maximum atomic E-state index is 13.5. The van der Waals surface area contributed by atoms with Crippen LogP contribution >= 0.6 is 0 Å². The van der Waals surface area contributed by atoms with E-state index in [-0.39, 0.29) is 47.5 Å². The summed E-state index contributed by atoms with van der Waals surface area (Å²) in [5, 5.41) is 2.83. The predicted molar refractivity (Wildman–Crippen MR) is 106 cm³/mol. The molecule has 0 spiro atoms. The van der Waals surface area contributed by atoms with Crippen LogP contribution in [0.15, 0.2) is 47.3 Å². The molecule has 1 fully saturated rings. The van der Waals surface area contributed by atoms with Crippen LogP contribution in [-0.4, -0.2) is 40.9 Å². The standard InChI is InChI=1S/C22H24FN3O3/c1-14(27)24-11-20-17-10-16(19-6-3-7-21(28)26(19)20)12-25(13-17)22(29)9-15-4-2-5-18(23)8-15/h2-8,16-17,20H,9-13H2,1H3,(H,24,27)/t16-,17+,20+/m1/s1. The highest BCUT2D eigenvalue weighted by atomic mass is 19.1. The van der Waals surface area contributed by atoms with Gasteiger partial charge in [-0.3, -0.25) is 14.4 Å². The van der Waals surface area contributed by atoms with Crippen molar-refractivity contribution in [1.29, 1.82) is 0 Å². The van der Waals surface area contributed by atoms with Gasteiger partial charge in [-0.1, -0.05) is 18.2 Å². The number of aromatic nitrogens is 1. The molecule has 0 saturated carbocycles. The molecule has 29 heavy (non-hydrogen) atoms. The predicted octanol–water partition coefficient (Wildman–Crippen LogP) is 1.85. The third-order valence-corrected chi connectivity index (χ3v) is 5.96. The van der Waals surface area contributed by atoms with Crippen molar-refractivity contribution in [2.75, 3.05) is 19.6 Å². The Balaban J connectivity index is 1.59. The highest BCUT2D eigenvalue weighted by Gasteiger charge is 2.41. The Morgan fingerprint density at radius 2 is 1.97 bits per heavy atom. The number of benzene rings is 1. The lowest BCUT2D eigenvalue weighted by Crippen LogP contribution is -2.53. The number of hydrogen-bond donors (Lipinski definition) is 1. The van der Waals surface area contributed by atoms with Gasteiger partial charge in [0.25, 0.3) is 5.56 Å². The molecule has 2 aliphatic rings. The van der Waals surface area contributed by atoms with E-state index in [2.05, 4.69) is 5.32 Å². The van der Waals surface area contributed by atoms with E-state index in [9.17, 15) is 18.8 Å². The third kappa shape index (κ3) is 3.95. The topological polar surface area (TPSA) is 71.4 Å². The summed E-state index contributed by atoms with van der Waals surface area (Å²) in [5.74, 6) is -0.394. The van der Waals surface area contributed by atoms with Crippen LogP contribution in [0, 0.1) is 11.7 Å². The Kier molecular flexibility index (Phi) is 5.22. The first-order valence-corrected chi connectivity index (χ1v) is 9.90. The van der Waals surface area contributed by atoms with Gasteiger partial charge in [-0.25, -0.2) is 4.39 Å². The van der Waals surface area contributed by atoms with E-state index in [1.807, 2.05) is 11.0 Å². The summed E-state index contributed by atoms with van der Waals surface area (Å²) in [7, 11) is 0. The van der Waals surface area contributed by atoms with Crippen LogP contribution in [0.4, 0.5) is 4.39 Å². The zero-order chi connectivity index (χ0) is 20.5. The quantitative estimate of drug-likeness (QED) is 0.856. The summed E-state index contributed by atoms with van der Waals surface area (Å²) < 4.78 is 15.3. The highest BCUT2D eigenvalue weighted by Crippen LogP contribution is 2.40. The van der Waals surface area contributed by atoms with Gasteiger partial charge in [-0.2, -0.15) is 0 Å². The van der Waals surface area contributed by atoms with Crippen molar-refractivity contribution in [1.82, 2.24) is 14.8 Å². The first kappa shape index (κ1) is 19.4. The zero-order valence-corrected chi connectivity index (χ0v) is 16.3. The first-order chi connectivity index (χ1) is 13.9. The molecule has 0 unspecified atom stereocenters. The highest BCUT2D eigenvalue weighted by molar-refractivity contribution is 5.79. The normalized spacial score (nSPS) is 22.7. The molecule has 4 rings (SSSR count). The summed E-state index contributed by atoms with van der Waals surface area (Å²) in [6, 6.07) is 11.1. The van der Waals surface area contributed by atoms with E-state index in [0.717, 1.165) is 12.1 Å². The summed E-state index contributed by atoms with van der Waals surface area (Å²) in [4.78, 5) is 38.8. The summed E-state index contributed by atoms with van der Waals surface area (Å²) in [5.41, 5.74) is 1.48. The van der Waals surface area contributed by atoms with E-state index in [1.165, 1.54) is 25.1 Å². The van der Waals surface area contributed by atoms with Crippen molar-refractivity contribution in [2.45, 2.75) is 31.7 Å². The molecule has 152 valence electrons. The molecule has 2 amide bonds. The van der Waals surface area contributed by atoms with Gasteiger partial charge in [0.2, 0.25) is 11.8 Å². The average molecular weight is 397 g/mol. The lowest BCUT2D eigenvalue weighted by atomic mass is 9.78. The SMILES string of the molecule is CC(=O)NC[C@H]1[C@H]2C[C@H](CN(C(=O)Cc3cccc(F)c3)C2)c2cccc(=O)n21. The molecule has 2 aromatic rings. The van der Waals surface area contributed by atoms with Crippen LogP contribution in [0.1, 0.15) is 36.6 Å². The molecule has 6 nitrogen and oxygen atoms in total. The summed E-state index contributed by atoms with van der Waals surface area (Å²) in [6.45, 7) is 2.88. The fourth-order valence-corrected chi connectivity index (χ4v) is 4.69. The number of piperidine rings is 1. The van der Waals surface area contributed by atoms with Gasteiger partial charge in [0.05, 0.1) is 12.5 Å². The van der Waals surface area contributed by atoms with Gasteiger partial charge in [-0.15, -0.1) is 0 Å². The van der Waals surface area contributed by atoms with Crippen LogP contribution in [0.25, 0.3) is 0 Å². The van der Waals surface area contributed by atoms with E-state index in [0.29, 0.717) is 25.2 Å². The fraction of sp³-hybridized carbons (Fsp3) is 0.409. The molecule has 3 heterocycles. The number of carbonyl (C=O) groups is 2. The van der Waals surface area contributed by atoms with Gasteiger partial charge in [-0.05, 0) is 36.1 Å². The number of likely N-dealkylation sites (tertiary alicyclic amines) is 1. The van der Waals surface area contributed by atoms with Gasteiger partial charge in [0, 0.05) is 44.2 Å². The lowest BCUT2D eigenvalue weighted by molar-refractivity contribution is -0.133. The van der Waals surface area contributed by atoms with E-state index in [4.69, 9.17) is 0 Å². The van der Waals surface area contributed by atoms with Crippen molar-refractivity contribution in [3.8, 4) is 0 Å². The molecular weight excluding hydrogens is 373 g/mol. The molecule has 3 atom stereocenters. The van der Waals surface area contributed by atoms with E-state index < -0.39 is 0 Å². The van der Waals surface area contributed by atoms with Crippen LogP contribution in [0.2, 0.25) is 0 Å². The van der Waals surface area contributed by atoms with Crippen molar-refractivity contribution in [2.24, 2.45) is 5.92 Å². The summed E-state index contributed by atoms with van der Waals surface area (Å²) in [6.07, 6.45) is 1.02. The van der Waals surface area contributed by atoms with Crippen molar-refractivity contribution >= 4 is 11.8 Å². The molecule has 7 heteroatoms. The molecular formula is C22H24FN3O3. The number of nitrogens with zero attached hydrogens (tertiary/aromatic N) is 2. The number of pyridine rings is 1. The van der Waals surface area contributed by atoms with Crippen LogP contribution in [-0.2, 0) is 16.0 Å².